The number of carbonyl (C=O) groups is 2. The quantitative estimate of drug-likeness (QED) is 0.153. The highest BCUT2D eigenvalue weighted by atomic mass is 32.2. The number of furan rings is 1. The van der Waals surface area contributed by atoms with Gasteiger partial charge in [-0.2, -0.15) is 5.26 Å². The van der Waals surface area contributed by atoms with E-state index < -0.39 is 16.1 Å². The lowest BCUT2D eigenvalue weighted by Crippen LogP contribution is -2.49. The van der Waals surface area contributed by atoms with Crippen LogP contribution in [-0.2, 0) is 19.6 Å². The van der Waals surface area contributed by atoms with E-state index in [1.165, 1.54) is 17.0 Å². The van der Waals surface area contributed by atoms with Gasteiger partial charge in [0.15, 0.2) is 6.19 Å². The van der Waals surface area contributed by atoms with Crippen molar-refractivity contribution < 1.29 is 22.4 Å². The van der Waals surface area contributed by atoms with Crippen LogP contribution < -0.4 is 15.4 Å². The Morgan fingerprint density at radius 2 is 1.91 bits per heavy atom. The molecule has 2 aliphatic rings. The van der Waals surface area contributed by atoms with E-state index in [0.717, 1.165) is 36.0 Å². The summed E-state index contributed by atoms with van der Waals surface area (Å²) in [4.78, 5) is 34.9. The lowest BCUT2D eigenvalue weighted by Gasteiger charge is -2.29. The molecule has 0 unspecified atom stereocenters. The summed E-state index contributed by atoms with van der Waals surface area (Å²) in [5.41, 5.74) is 1.41. The first-order chi connectivity index (χ1) is 20.7. The van der Waals surface area contributed by atoms with Gasteiger partial charge in [-0.05, 0) is 75.4 Å². The molecule has 2 saturated heterocycles. The largest absolute Gasteiger partial charge is 0.461 e. The number of nitriles is 1. The molecule has 3 N–H and O–H groups in total. The standard InChI is InChI=1S/C30H35N7O5S/c1-21-16-22-17-23(12-13-27(22)42-21)34-30(32-20-31)35-26-11-5-6-14-36(29(26)39)19-28(38)37-15-7-8-24(37)18-33-43(40,41)25-9-3-2-4-10-25/h2-4,9-10,12-13,16-17,24,26,33H,5-8,11,14-15,18-19H2,1H3,(H2,32,34,35)/t24-,26+/m1/s1. The van der Waals surface area contributed by atoms with E-state index >= 15 is 0 Å². The first-order valence-electron chi connectivity index (χ1n) is 14.4. The molecule has 3 aromatic rings. The number of hydrogen-bond donors (Lipinski definition) is 3. The Bertz CT molecular complexity index is 1650. The van der Waals surface area contributed by atoms with Crippen LogP contribution in [-0.4, -0.2) is 74.3 Å². The lowest BCUT2D eigenvalue weighted by molar-refractivity contribution is -0.141. The highest BCUT2D eigenvalue weighted by Gasteiger charge is 2.34. The molecule has 2 amide bonds. The van der Waals surface area contributed by atoms with E-state index in [2.05, 4.69) is 20.3 Å². The van der Waals surface area contributed by atoms with Crippen molar-refractivity contribution in [2.45, 2.75) is 56.0 Å². The number of amides is 2. The normalized spacial score (nSPS) is 19.7. The molecule has 43 heavy (non-hydrogen) atoms. The van der Waals surface area contributed by atoms with E-state index in [1.54, 1.807) is 29.2 Å². The van der Waals surface area contributed by atoms with Gasteiger partial charge < -0.3 is 19.5 Å². The third-order valence-electron chi connectivity index (χ3n) is 7.70. The molecule has 0 aliphatic carbocycles. The fourth-order valence-electron chi connectivity index (χ4n) is 5.58. The number of sulfonamides is 1. The van der Waals surface area contributed by atoms with Crippen LogP contribution in [0.4, 0.5) is 5.69 Å². The number of hydrogen-bond acceptors (Lipinski definition) is 7. The summed E-state index contributed by atoms with van der Waals surface area (Å²) in [6, 6.07) is 14.4. The summed E-state index contributed by atoms with van der Waals surface area (Å²) >= 11 is 0. The van der Waals surface area contributed by atoms with Gasteiger partial charge in [0, 0.05) is 36.7 Å². The Kier molecular flexibility index (Phi) is 9.27. The zero-order valence-corrected chi connectivity index (χ0v) is 24.8. The van der Waals surface area contributed by atoms with Crippen LogP contribution >= 0.6 is 0 Å². The molecule has 2 aliphatic heterocycles. The topological polar surface area (TPSA) is 160 Å². The zero-order valence-electron chi connectivity index (χ0n) is 24.0. The molecule has 3 heterocycles. The minimum absolute atomic E-state index is 0.100. The van der Waals surface area contributed by atoms with Gasteiger partial charge in [-0.25, -0.2) is 18.1 Å². The smallest absolute Gasteiger partial charge is 0.247 e. The second-order valence-electron chi connectivity index (χ2n) is 10.8. The molecule has 0 bridgehead atoms. The fourth-order valence-corrected chi connectivity index (χ4v) is 6.67. The Morgan fingerprint density at radius 3 is 2.70 bits per heavy atom. The number of nitrogens with zero attached hydrogens (tertiary/aromatic N) is 4. The first kappa shape index (κ1) is 30.1. The third kappa shape index (κ3) is 7.33. The van der Waals surface area contributed by atoms with E-state index in [4.69, 9.17) is 4.42 Å². The minimum Gasteiger partial charge on any atom is -0.461 e. The summed E-state index contributed by atoms with van der Waals surface area (Å²) < 4.78 is 33.6. The molecule has 2 atom stereocenters. The van der Waals surface area contributed by atoms with Crippen molar-refractivity contribution in [2.24, 2.45) is 4.99 Å². The average molecular weight is 606 g/mol. The van der Waals surface area contributed by atoms with Crippen LogP contribution in [0.5, 0.6) is 0 Å². The second kappa shape index (κ2) is 13.3. The number of benzene rings is 2. The van der Waals surface area contributed by atoms with Gasteiger partial charge in [-0.15, -0.1) is 0 Å². The van der Waals surface area contributed by atoms with Gasteiger partial charge in [0.05, 0.1) is 11.4 Å². The highest BCUT2D eigenvalue weighted by molar-refractivity contribution is 7.89. The molecular weight excluding hydrogens is 570 g/mol. The van der Waals surface area contributed by atoms with E-state index in [9.17, 15) is 23.3 Å². The minimum atomic E-state index is -3.70. The van der Waals surface area contributed by atoms with Crippen molar-refractivity contribution in [1.82, 2.24) is 19.8 Å². The van der Waals surface area contributed by atoms with Crippen LogP contribution in [0.15, 0.2) is 68.9 Å². The summed E-state index contributed by atoms with van der Waals surface area (Å²) in [5, 5.41) is 15.8. The van der Waals surface area contributed by atoms with E-state index in [-0.39, 0.29) is 41.8 Å². The number of rotatable bonds is 8. The van der Waals surface area contributed by atoms with Gasteiger partial charge in [0.2, 0.25) is 27.8 Å². The fraction of sp³-hybridized carbons (Fsp3) is 0.400. The molecule has 0 radical (unpaired) electrons. The highest BCUT2D eigenvalue weighted by Crippen LogP contribution is 2.23. The maximum Gasteiger partial charge on any atom is 0.247 e. The molecular formula is C30H35N7O5S. The predicted molar refractivity (Wildman–Crippen MR) is 161 cm³/mol. The van der Waals surface area contributed by atoms with E-state index in [1.807, 2.05) is 31.3 Å². The van der Waals surface area contributed by atoms with Crippen LogP contribution in [0.1, 0.15) is 37.9 Å². The monoisotopic (exact) mass is 605 g/mol. The van der Waals surface area contributed by atoms with Gasteiger partial charge in [0.25, 0.3) is 0 Å². The number of fused-ring (bicyclic) bond motifs is 1. The first-order valence-corrected chi connectivity index (χ1v) is 15.8. The van der Waals surface area contributed by atoms with Crippen LogP contribution in [0.3, 0.4) is 0 Å². The van der Waals surface area contributed by atoms with Crippen LogP contribution in [0.2, 0.25) is 0 Å². The molecule has 5 rings (SSSR count). The molecule has 0 saturated carbocycles. The maximum atomic E-state index is 13.6. The van der Waals surface area contributed by atoms with Crippen molar-refractivity contribution in [3.8, 4) is 6.19 Å². The number of aryl methyl sites for hydroxylation is 1. The molecule has 0 spiro atoms. The number of likely N-dealkylation sites (tertiary alicyclic amines) is 2. The number of carbonyl (C=O) groups excluding carboxylic acids is 2. The van der Waals surface area contributed by atoms with Crippen molar-refractivity contribution in [3.63, 3.8) is 0 Å². The Hall–Kier alpha value is -4.41. The second-order valence-corrected chi connectivity index (χ2v) is 12.5. The van der Waals surface area contributed by atoms with Crippen molar-refractivity contribution >= 4 is 44.5 Å². The number of nitrogens with one attached hydrogen (secondary N) is 3. The molecule has 2 fully saturated rings. The summed E-state index contributed by atoms with van der Waals surface area (Å²) in [5.74, 6) is 0.408. The number of aliphatic imine (C=N–C) groups is 1. The van der Waals surface area contributed by atoms with Crippen LogP contribution in [0, 0.1) is 18.4 Å². The maximum absolute atomic E-state index is 13.6. The lowest BCUT2D eigenvalue weighted by atomic mass is 10.1. The number of guanidine groups is 1. The van der Waals surface area contributed by atoms with Crippen LogP contribution in [0.25, 0.3) is 11.0 Å². The van der Waals surface area contributed by atoms with Gasteiger partial charge in [0.1, 0.15) is 17.4 Å². The molecule has 2 aromatic carbocycles. The summed E-state index contributed by atoms with van der Waals surface area (Å²) in [6.07, 6.45) is 5.23. The average Bonchev–Trinajstić information content (AvgIpc) is 3.58. The summed E-state index contributed by atoms with van der Waals surface area (Å²) in [6.45, 7) is 2.77. The van der Waals surface area contributed by atoms with Gasteiger partial charge in [-0.3, -0.25) is 14.9 Å². The summed E-state index contributed by atoms with van der Waals surface area (Å²) in [7, 11) is -3.70. The van der Waals surface area contributed by atoms with E-state index in [0.29, 0.717) is 31.6 Å². The van der Waals surface area contributed by atoms with Gasteiger partial charge in [-0.1, -0.05) is 18.2 Å². The molecule has 12 nitrogen and oxygen atoms in total. The number of anilines is 1. The van der Waals surface area contributed by atoms with Crippen molar-refractivity contribution in [1.29, 1.82) is 5.26 Å². The Balaban J connectivity index is 1.24. The van der Waals surface area contributed by atoms with Crippen molar-refractivity contribution in [2.75, 3.05) is 31.5 Å². The van der Waals surface area contributed by atoms with Crippen molar-refractivity contribution in [3.05, 3.63) is 60.4 Å². The predicted octanol–water partition coefficient (Wildman–Crippen LogP) is 2.93. The molecule has 13 heteroatoms. The Labute approximate surface area is 250 Å². The molecule has 1 aromatic heterocycles. The SMILES string of the molecule is Cc1cc2cc(NC(=N[C@H]3CCCCN(CC(=O)N4CCC[C@@H]4CNS(=O)(=O)c4ccccc4)C3=O)NC#N)ccc2o1. The third-order valence-corrected chi connectivity index (χ3v) is 9.14. The zero-order chi connectivity index (χ0) is 30.4. The van der Waals surface area contributed by atoms with Gasteiger partial charge >= 0.3 is 0 Å². The molecule has 226 valence electrons. The Morgan fingerprint density at radius 1 is 1.09 bits per heavy atom.